The van der Waals surface area contributed by atoms with Crippen molar-refractivity contribution in [2.45, 2.75) is 38.8 Å². The minimum Gasteiger partial charge on any atom is -0.389 e. The molecule has 0 radical (unpaired) electrons. The van der Waals surface area contributed by atoms with Gasteiger partial charge in [-0.15, -0.1) is 0 Å². The second-order valence-electron chi connectivity index (χ2n) is 8.81. The SMILES string of the molecule is C[C@@H](c1ccccn1)n1cnc(C(=O)N2C[C@@H]3C(C4=NOC(C)(C)C4)[C@@H]3C2)c1. The zero-order valence-electron chi connectivity index (χ0n) is 16.4. The second-order valence-corrected chi connectivity index (χ2v) is 8.81. The topological polar surface area (TPSA) is 72.6 Å². The van der Waals surface area contributed by atoms with Crippen molar-refractivity contribution < 1.29 is 9.63 Å². The Balaban J connectivity index is 1.22. The van der Waals surface area contributed by atoms with E-state index in [1.807, 2.05) is 33.9 Å². The molecule has 0 aromatic carbocycles. The first-order valence-corrected chi connectivity index (χ1v) is 9.91. The van der Waals surface area contributed by atoms with Crippen LogP contribution < -0.4 is 0 Å². The minimum atomic E-state index is -0.182. The number of hydrogen-bond donors (Lipinski definition) is 0. The largest absolute Gasteiger partial charge is 0.389 e. The summed E-state index contributed by atoms with van der Waals surface area (Å²) in [4.78, 5) is 29.1. The Kier molecular flexibility index (Phi) is 3.82. The first-order chi connectivity index (χ1) is 13.4. The Morgan fingerprint density at radius 1 is 1.25 bits per heavy atom. The molecule has 2 aliphatic heterocycles. The summed E-state index contributed by atoms with van der Waals surface area (Å²) in [6.45, 7) is 7.77. The molecule has 2 aromatic rings. The third kappa shape index (κ3) is 2.89. The molecule has 1 saturated heterocycles. The molecule has 1 saturated carbocycles. The number of rotatable bonds is 4. The number of nitrogens with zero attached hydrogens (tertiary/aromatic N) is 5. The highest BCUT2D eigenvalue weighted by atomic mass is 16.7. The maximum absolute atomic E-state index is 12.9. The number of hydrogen-bond acceptors (Lipinski definition) is 5. The van der Waals surface area contributed by atoms with Crippen LogP contribution >= 0.6 is 0 Å². The molecule has 0 N–H and O–H groups in total. The lowest BCUT2D eigenvalue weighted by Crippen LogP contribution is -2.33. The van der Waals surface area contributed by atoms with Crippen LogP contribution in [0.15, 0.2) is 42.1 Å². The van der Waals surface area contributed by atoms with E-state index in [0.29, 0.717) is 23.4 Å². The van der Waals surface area contributed by atoms with Crippen molar-refractivity contribution in [3.05, 3.63) is 48.3 Å². The lowest BCUT2D eigenvalue weighted by Gasteiger charge is -2.19. The Bertz CT molecular complexity index is 923. The molecule has 7 nitrogen and oxygen atoms in total. The van der Waals surface area contributed by atoms with Gasteiger partial charge in [0.2, 0.25) is 0 Å². The first-order valence-electron chi connectivity index (χ1n) is 9.91. The lowest BCUT2D eigenvalue weighted by molar-refractivity contribution is 0.0123. The fourth-order valence-electron chi connectivity index (χ4n) is 4.64. The maximum Gasteiger partial charge on any atom is 0.274 e. The van der Waals surface area contributed by atoms with Crippen LogP contribution in [0.25, 0.3) is 0 Å². The van der Waals surface area contributed by atoms with Crippen molar-refractivity contribution in [1.29, 1.82) is 0 Å². The Hall–Kier alpha value is -2.70. The molecule has 1 aliphatic carbocycles. The number of oxime groups is 1. The predicted octanol–water partition coefficient (Wildman–Crippen LogP) is 2.76. The smallest absolute Gasteiger partial charge is 0.274 e. The quantitative estimate of drug-likeness (QED) is 0.819. The summed E-state index contributed by atoms with van der Waals surface area (Å²) in [6.07, 6.45) is 6.23. The van der Waals surface area contributed by atoms with Gasteiger partial charge >= 0.3 is 0 Å². The van der Waals surface area contributed by atoms with Crippen molar-refractivity contribution in [2.24, 2.45) is 22.9 Å². The summed E-state index contributed by atoms with van der Waals surface area (Å²) in [5.41, 5.74) is 2.45. The van der Waals surface area contributed by atoms with Gasteiger partial charge in [-0.05, 0) is 44.7 Å². The van der Waals surface area contributed by atoms with Crippen molar-refractivity contribution in [2.75, 3.05) is 13.1 Å². The van der Waals surface area contributed by atoms with Crippen LogP contribution in [0.4, 0.5) is 0 Å². The summed E-state index contributed by atoms with van der Waals surface area (Å²) < 4.78 is 1.95. The predicted molar refractivity (Wildman–Crippen MR) is 104 cm³/mol. The van der Waals surface area contributed by atoms with Crippen LogP contribution in [0.1, 0.15) is 49.4 Å². The molecular formula is C21H25N5O2. The monoisotopic (exact) mass is 379 g/mol. The summed E-state index contributed by atoms with van der Waals surface area (Å²) in [7, 11) is 0. The number of fused-ring (bicyclic) bond motifs is 1. The summed E-state index contributed by atoms with van der Waals surface area (Å²) in [5.74, 6) is 1.56. The lowest BCUT2D eigenvalue weighted by atomic mass is 9.98. The molecular weight excluding hydrogens is 354 g/mol. The zero-order valence-corrected chi connectivity index (χ0v) is 16.4. The molecule has 3 aliphatic rings. The fourth-order valence-corrected chi connectivity index (χ4v) is 4.64. The number of carbonyl (C=O) groups is 1. The Morgan fingerprint density at radius 2 is 2.04 bits per heavy atom. The van der Waals surface area contributed by atoms with Crippen molar-refractivity contribution >= 4 is 11.6 Å². The maximum atomic E-state index is 12.9. The molecule has 0 bridgehead atoms. The van der Waals surface area contributed by atoms with Crippen LogP contribution in [0.5, 0.6) is 0 Å². The molecule has 28 heavy (non-hydrogen) atoms. The number of carbonyl (C=O) groups excluding carboxylic acids is 1. The highest BCUT2D eigenvalue weighted by molar-refractivity contribution is 5.94. The van der Waals surface area contributed by atoms with E-state index in [1.165, 1.54) is 5.71 Å². The van der Waals surface area contributed by atoms with Crippen LogP contribution in [-0.4, -0.2) is 49.7 Å². The number of amides is 1. The van der Waals surface area contributed by atoms with E-state index in [2.05, 4.69) is 35.9 Å². The molecule has 5 rings (SSSR count). The van der Waals surface area contributed by atoms with E-state index in [1.54, 1.807) is 12.5 Å². The summed E-state index contributed by atoms with van der Waals surface area (Å²) in [5, 5.41) is 4.30. The van der Waals surface area contributed by atoms with Gasteiger partial charge in [-0.2, -0.15) is 0 Å². The van der Waals surface area contributed by atoms with Gasteiger partial charge in [-0.3, -0.25) is 9.78 Å². The van der Waals surface area contributed by atoms with E-state index in [9.17, 15) is 4.79 Å². The van der Waals surface area contributed by atoms with Crippen LogP contribution in [0.2, 0.25) is 0 Å². The van der Waals surface area contributed by atoms with E-state index >= 15 is 0 Å². The molecule has 2 aromatic heterocycles. The number of pyridine rings is 1. The normalized spacial score (nSPS) is 28.5. The molecule has 1 unspecified atom stereocenters. The summed E-state index contributed by atoms with van der Waals surface area (Å²) >= 11 is 0. The molecule has 0 spiro atoms. The van der Waals surface area contributed by atoms with Crippen LogP contribution in [0.3, 0.4) is 0 Å². The standard InChI is InChI=1S/C21H25N5O2/c1-13(16-6-4-5-7-22-16)26-11-18(23-12-26)20(27)25-9-14-15(10-25)19(14)17-8-21(2,3)28-24-17/h4-7,11-15,19H,8-10H2,1-3H3/t13-,14-,15+,19?/m0/s1. The van der Waals surface area contributed by atoms with Gasteiger partial charge in [0.05, 0.1) is 23.8 Å². The number of imidazole rings is 1. The molecule has 7 heteroatoms. The number of piperidine rings is 1. The Labute approximate surface area is 164 Å². The van der Waals surface area contributed by atoms with Crippen molar-refractivity contribution in [3.8, 4) is 0 Å². The first kappa shape index (κ1) is 17.4. The average molecular weight is 379 g/mol. The van der Waals surface area contributed by atoms with Gasteiger partial charge in [0.25, 0.3) is 5.91 Å². The van der Waals surface area contributed by atoms with Gasteiger partial charge in [0.15, 0.2) is 0 Å². The molecule has 146 valence electrons. The van der Waals surface area contributed by atoms with Crippen LogP contribution in [0, 0.1) is 17.8 Å². The Morgan fingerprint density at radius 3 is 2.68 bits per heavy atom. The average Bonchev–Trinajstić information content (AvgIpc) is 3.14. The van der Waals surface area contributed by atoms with Gasteiger partial charge in [0, 0.05) is 37.8 Å². The fraction of sp³-hybridized carbons (Fsp3) is 0.524. The second kappa shape index (κ2) is 6.15. The molecule has 4 atom stereocenters. The highest BCUT2D eigenvalue weighted by Crippen LogP contribution is 2.54. The van der Waals surface area contributed by atoms with E-state index in [4.69, 9.17) is 4.84 Å². The molecule has 2 fully saturated rings. The number of likely N-dealkylation sites (tertiary alicyclic amines) is 1. The van der Waals surface area contributed by atoms with Gasteiger partial charge in [0.1, 0.15) is 11.3 Å². The van der Waals surface area contributed by atoms with E-state index in [0.717, 1.165) is 25.2 Å². The van der Waals surface area contributed by atoms with Crippen molar-refractivity contribution in [3.63, 3.8) is 0 Å². The van der Waals surface area contributed by atoms with Gasteiger partial charge in [-0.25, -0.2) is 4.98 Å². The van der Waals surface area contributed by atoms with Crippen LogP contribution in [-0.2, 0) is 4.84 Å². The van der Waals surface area contributed by atoms with E-state index < -0.39 is 0 Å². The molecule has 1 amide bonds. The van der Waals surface area contributed by atoms with Crippen molar-refractivity contribution in [1.82, 2.24) is 19.4 Å². The third-order valence-corrected chi connectivity index (χ3v) is 6.27. The van der Waals surface area contributed by atoms with Gasteiger partial charge < -0.3 is 14.3 Å². The van der Waals surface area contributed by atoms with Gasteiger partial charge in [-0.1, -0.05) is 11.2 Å². The third-order valence-electron chi connectivity index (χ3n) is 6.27. The highest BCUT2D eigenvalue weighted by Gasteiger charge is 2.60. The minimum absolute atomic E-state index is 0.0165. The zero-order chi connectivity index (χ0) is 19.5. The molecule has 4 heterocycles. The number of aromatic nitrogens is 3. The van der Waals surface area contributed by atoms with E-state index in [-0.39, 0.29) is 17.6 Å². The summed E-state index contributed by atoms with van der Waals surface area (Å²) in [6, 6.07) is 5.89.